The van der Waals surface area contributed by atoms with Crippen molar-refractivity contribution in [3.63, 3.8) is 0 Å². The predicted octanol–water partition coefficient (Wildman–Crippen LogP) is 1.35. The quantitative estimate of drug-likeness (QED) is 0.840. The lowest BCUT2D eigenvalue weighted by atomic mass is 10.1. The van der Waals surface area contributed by atoms with Crippen molar-refractivity contribution in [2.24, 2.45) is 0 Å². The fraction of sp³-hybridized carbons (Fsp3) is 0.250. The maximum absolute atomic E-state index is 11.5. The number of hydrogen-bond acceptors (Lipinski definition) is 3. The molecule has 1 aliphatic rings. The number of nitrogens with one attached hydrogen (secondary N) is 1. The summed E-state index contributed by atoms with van der Waals surface area (Å²) in [7, 11) is 0. The summed E-state index contributed by atoms with van der Waals surface area (Å²) in [5, 5.41) is 2.75. The van der Waals surface area contributed by atoms with Crippen LogP contribution < -0.4 is 5.32 Å². The maximum atomic E-state index is 11.5. The summed E-state index contributed by atoms with van der Waals surface area (Å²) in [6.45, 7) is 0.250. The Morgan fingerprint density at radius 2 is 1.83 bits per heavy atom. The van der Waals surface area contributed by atoms with E-state index in [1.165, 1.54) is 0 Å². The number of barbiturate groups is 1. The average Bonchev–Trinajstić information content (AvgIpc) is 2.30. The van der Waals surface area contributed by atoms with Gasteiger partial charge >= 0.3 is 6.03 Å². The standard InChI is InChI=1S/C12H11ClN2O3/c13-9-3-1-8(2-4-9)5-6-15-11(17)7-10(16)14-12(15)18/h1-4H,5-7H2,(H,14,16,18). The van der Waals surface area contributed by atoms with Crippen molar-refractivity contribution in [2.45, 2.75) is 12.8 Å². The van der Waals surface area contributed by atoms with E-state index in [0.717, 1.165) is 10.5 Å². The molecule has 1 N–H and O–H groups in total. The second kappa shape index (κ2) is 5.18. The Kier molecular flexibility index (Phi) is 3.62. The zero-order chi connectivity index (χ0) is 13.1. The van der Waals surface area contributed by atoms with Crippen molar-refractivity contribution >= 4 is 29.4 Å². The summed E-state index contributed by atoms with van der Waals surface area (Å²) in [5.74, 6) is -1.01. The van der Waals surface area contributed by atoms with Crippen LogP contribution in [0.2, 0.25) is 5.02 Å². The van der Waals surface area contributed by atoms with Gasteiger partial charge in [-0.15, -0.1) is 0 Å². The Balaban J connectivity index is 1.97. The van der Waals surface area contributed by atoms with Crippen LogP contribution in [0.3, 0.4) is 0 Å². The van der Waals surface area contributed by atoms with Gasteiger partial charge < -0.3 is 0 Å². The number of urea groups is 1. The average molecular weight is 267 g/mol. The minimum atomic E-state index is -0.648. The summed E-state index contributed by atoms with van der Waals surface area (Å²) >= 11 is 5.76. The van der Waals surface area contributed by atoms with Crippen molar-refractivity contribution < 1.29 is 14.4 Å². The smallest absolute Gasteiger partial charge is 0.277 e. The first kappa shape index (κ1) is 12.6. The molecule has 1 fully saturated rings. The lowest BCUT2D eigenvalue weighted by Gasteiger charge is -2.24. The molecule has 4 amide bonds. The molecule has 1 aliphatic heterocycles. The van der Waals surface area contributed by atoms with E-state index >= 15 is 0 Å². The minimum Gasteiger partial charge on any atom is -0.277 e. The highest BCUT2D eigenvalue weighted by Gasteiger charge is 2.30. The Morgan fingerprint density at radius 1 is 1.17 bits per heavy atom. The number of hydrogen-bond donors (Lipinski definition) is 1. The first-order valence-electron chi connectivity index (χ1n) is 5.45. The van der Waals surface area contributed by atoms with Crippen LogP contribution in [0.15, 0.2) is 24.3 Å². The number of imide groups is 2. The molecule has 0 saturated carbocycles. The Hall–Kier alpha value is -1.88. The highest BCUT2D eigenvalue weighted by molar-refractivity contribution is 6.30. The lowest BCUT2D eigenvalue weighted by molar-refractivity contribution is -0.136. The molecular weight excluding hydrogens is 256 g/mol. The molecule has 1 aromatic carbocycles. The topological polar surface area (TPSA) is 66.5 Å². The van der Waals surface area contributed by atoms with Crippen molar-refractivity contribution in [3.8, 4) is 0 Å². The second-order valence-corrected chi connectivity index (χ2v) is 4.39. The Bertz CT molecular complexity index is 479. The number of halogens is 1. The van der Waals surface area contributed by atoms with E-state index in [9.17, 15) is 14.4 Å². The van der Waals surface area contributed by atoms with Gasteiger partial charge in [0.05, 0.1) is 0 Å². The number of rotatable bonds is 3. The van der Waals surface area contributed by atoms with E-state index in [1.807, 2.05) is 12.1 Å². The van der Waals surface area contributed by atoms with Crippen LogP contribution in [0.4, 0.5) is 4.79 Å². The van der Waals surface area contributed by atoms with Crippen LogP contribution in [-0.4, -0.2) is 29.3 Å². The van der Waals surface area contributed by atoms with E-state index in [4.69, 9.17) is 11.6 Å². The van der Waals surface area contributed by atoms with Gasteiger partial charge in [0, 0.05) is 11.6 Å². The normalized spacial score (nSPS) is 15.8. The van der Waals surface area contributed by atoms with Crippen LogP contribution in [-0.2, 0) is 16.0 Å². The predicted molar refractivity (Wildman–Crippen MR) is 65.0 cm³/mol. The van der Waals surface area contributed by atoms with Gasteiger partial charge in [-0.3, -0.25) is 19.8 Å². The zero-order valence-electron chi connectivity index (χ0n) is 9.48. The molecule has 0 unspecified atom stereocenters. The van der Waals surface area contributed by atoms with Crippen LogP contribution in [0.25, 0.3) is 0 Å². The third-order valence-corrected chi connectivity index (χ3v) is 2.89. The monoisotopic (exact) mass is 266 g/mol. The third-order valence-electron chi connectivity index (χ3n) is 2.64. The molecule has 1 heterocycles. The number of benzene rings is 1. The molecule has 2 rings (SSSR count). The number of carbonyl (C=O) groups is 3. The molecule has 5 nitrogen and oxygen atoms in total. The molecule has 0 aliphatic carbocycles. The Morgan fingerprint density at radius 3 is 2.44 bits per heavy atom. The third kappa shape index (κ3) is 2.87. The molecule has 94 valence electrons. The zero-order valence-corrected chi connectivity index (χ0v) is 10.2. The molecule has 0 bridgehead atoms. The molecule has 6 heteroatoms. The van der Waals surface area contributed by atoms with Crippen LogP contribution in [0.5, 0.6) is 0 Å². The van der Waals surface area contributed by atoms with Gasteiger partial charge in [0.15, 0.2) is 0 Å². The molecular formula is C12H11ClN2O3. The van der Waals surface area contributed by atoms with Gasteiger partial charge in [-0.1, -0.05) is 23.7 Å². The molecule has 1 aromatic rings. The van der Waals surface area contributed by atoms with Crippen LogP contribution in [0.1, 0.15) is 12.0 Å². The second-order valence-electron chi connectivity index (χ2n) is 3.95. The summed E-state index contributed by atoms with van der Waals surface area (Å²) in [6, 6.07) is 6.52. The fourth-order valence-corrected chi connectivity index (χ4v) is 1.82. The fourth-order valence-electron chi connectivity index (χ4n) is 1.70. The van der Waals surface area contributed by atoms with Gasteiger partial charge in [-0.2, -0.15) is 0 Å². The molecule has 0 radical (unpaired) electrons. The van der Waals surface area contributed by atoms with Crippen LogP contribution in [0, 0.1) is 0 Å². The minimum absolute atomic E-state index is 0.250. The SMILES string of the molecule is O=C1CC(=O)N(CCc2ccc(Cl)cc2)C(=O)N1. The van der Waals surface area contributed by atoms with Gasteiger partial charge in [0.2, 0.25) is 11.8 Å². The van der Waals surface area contributed by atoms with E-state index < -0.39 is 17.8 Å². The molecule has 18 heavy (non-hydrogen) atoms. The van der Waals surface area contributed by atoms with Crippen molar-refractivity contribution in [1.29, 1.82) is 0 Å². The largest absolute Gasteiger partial charge is 0.330 e. The molecule has 1 saturated heterocycles. The molecule has 0 aromatic heterocycles. The Labute approximate surface area is 109 Å². The number of carbonyl (C=O) groups excluding carboxylic acids is 3. The van der Waals surface area contributed by atoms with E-state index in [2.05, 4.69) is 5.32 Å². The highest BCUT2D eigenvalue weighted by atomic mass is 35.5. The van der Waals surface area contributed by atoms with Gasteiger partial charge in [-0.25, -0.2) is 4.79 Å². The molecule has 0 atom stereocenters. The first-order chi connectivity index (χ1) is 8.56. The first-order valence-corrected chi connectivity index (χ1v) is 5.82. The van der Waals surface area contributed by atoms with E-state index in [1.54, 1.807) is 12.1 Å². The van der Waals surface area contributed by atoms with Crippen molar-refractivity contribution in [3.05, 3.63) is 34.9 Å². The summed E-state index contributed by atoms with van der Waals surface area (Å²) in [6.07, 6.45) is 0.261. The number of nitrogens with zero attached hydrogens (tertiary/aromatic N) is 1. The van der Waals surface area contributed by atoms with Gasteiger partial charge in [0.1, 0.15) is 6.42 Å². The summed E-state index contributed by atoms with van der Waals surface area (Å²) in [4.78, 5) is 35.0. The highest BCUT2D eigenvalue weighted by Crippen LogP contribution is 2.11. The maximum Gasteiger partial charge on any atom is 0.330 e. The summed E-state index contributed by atoms with van der Waals surface area (Å²) < 4.78 is 0. The van der Waals surface area contributed by atoms with E-state index in [0.29, 0.717) is 11.4 Å². The molecule has 0 spiro atoms. The number of amides is 4. The lowest BCUT2D eigenvalue weighted by Crippen LogP contribution is -2.53. The van der Waals surface area contributed by atoms with Crippen molar-refractivity contribution in [2.75, 3.05) is 6.54 Å². The summed E-state index contributed by atoms with van der Waals surface area (Å²) in [5.41, 5.74) is 0.969. The van der Waals surface area contributed by atoms with E-state index in [-0.39, 0.29) is 13.0 Å². The van der Waals surface area contributed by atoms with Crippen LogP contribution >= 0.6 is 11.6 Å². The van der Waals surface area contributed by atoms with Gasteiger partial charge in [0.25, 0.3) is 0 Å². The van der Waals surface area contributed by atoms with Gasteiger partial charge in [-0.05, 0) is 24.1 Å². The van der Waals surface area contributed by atoms with Crippen molar-refractivity contribution in [1.82, 2.24) is 10.2 Å².